The van der Waals surface area contributed by atoms with Crippen LogP contribution in [0.3, 0.4) is 0 Å². The zero-order valence-electron chi connectivity index (χ0n) is 10.6. The summed E-state index contributed by atoms with van der Waals surface area (Å²) < 4.78 is 26.7. The normalized spacial score (nSPS) is 17.2. The molecule has 1 saturated carbocycles. The predicted molar refractivity (Wildman–Crippen MR) is 72.5 cm³/mol. The first-order valence-corrected chi connectivity index (χ1v) is 7.51. The molecule has 7 heteroatoms. The molecule has 0 aliphatic heterocycles. The number of carboxylic acids is 1. The van der Waals surface area contributed by atoms with Gasteiger partial charge in [0.2, 0.25) is 10.0 Å². The molecule has 1 aliphatic carbocycles. The number of sulfonamides is 1. The predicted octanol–water partition coefficient (Wildman–Crippen LogP) is 0.588. The summed E-state index contributed by atoms with van der Waals surface area (Å²) in [6.07, 6.45) is 3.61. The Morgan fingerprint density at radius 3 is 2.35 bits per heavy atom. The van der Waals surface area contributed by atoms with Gasteiger partial charge in [0.05, 0.1) is 17.0 Å². The summed E-state index contributed by atoms with van der Waals surface area (Å²) in [5.41, 5.74) is -0.115. The summed E-state index contributed by atoms with van der Waals surface area (Å²) in [6, 6.07) is 5.84. The van der Waals surface area contributed by atoms with Gasteiger partial charge in [0.25, 0.3) is 0 Å². The molecular weight excluding hydrogens is 282 g/mol. The van der Waals surface area contributed by atoms with Gasteiger partial charge < -0.3 is 10.2 Å². The lowest BCUT2D eigenvalue weighted by Gasteiger charge is -2.14. The van der Waals surface area contributed by atoms with E-state index in [9.17, 15) is 13.2 Å². The van der Waals surface area contributed by atoms with Crippen LogP contribution in [-0.2, 0) is 14.8 Å². The van der Waals surface area contributed by atoms with Crippen molar-refractivity contribution in [1.82, 2.24) is 4.72 Å². The third kappa shape index (κ3) is 3.44. The molecule has 0 radical (unpaired) electrons. The van der Waals surface area contributed by atoms with Crippen LogP contribution in [0.15, 0.2) is 35.2 Å². The lowest BCUT2D eigenvalue weighted by atomic mass is 10.2. The van der Waals surface area contributed by atoms with Crippen LogP contribution < -0.4 is 4.72 Å². The summed E-state index contributed by atoms with van der Waals surface area (Å²) in [7, 11) is -3.67. The average molecular weight is 297 g/mol. The van der Waals surface area contributed by atoms with E-state index >= 15 is 0 Å². The van der Waals surface area contributed by atoms with Gasteiger partial charge in [0.1, 0.15) is 0 Å². The fourth-order valence-corrected chi connectivity index (χ4v) is 3.16. The topological polar surface area (TPSA) is 104 Å². The molecule has 0 bridgehead atoms. The minimum absolute atomic E-state index is 0.0877. The van der Waals surface area contributed by atoms with Crippen molar-refractivity contribution in [3.05, 3.63) is 35.9 Å². The molecule has 1 aromatic carbocycles. The van der Waals surface area contributed by atoms with E-state index in [-0.39, 0.29) is 11.5 Å². The maximum absolute atomic E-state index is 12.1. The maximum atomic E-state index is 12.1. The number of hydrogen-bond acceptors (Lipinski definition) is 4. The van der Waals surface area contributed by atoms with Gasteiger partial charge in [-0.25, -0.2) is 17.9 Å². The highest BCUT2D eigenvalue weighted by molar-refractivity contribution is 7.89. The number of rotatable bonds is 6. The van der Waals surface area contributed by atoms with E-state index in [0.717, 1.165) is 6.08 Å². The molecule has 20 heavy (non-hydrogen) atoms. The van der Waals surface area contributed by atoms with E-state index in [0.29, 0.717) is 18.4 Å². The van der Waals surface area contributed by atoms with Crippen LogP contribution in [0, 0.1) is 0 Å². The van der Waals surface area contributed by atoms with Gasteiger partial charge in [-0.05, 0) is 36.6 Å². The Bertz CT molecular complexity index is 629. The number of hydrogen-bond donors (Lipinski definition) is 3. The summed E-state index contributed by atoms with van der Waals surface area (Å²) in [5, 5.41) is 17.6. The van der Waals surface area contributed by atoms with Crippen molar-refractivity contribution in [3.8, 4) is 0 Å². The van der Waals surface area contributed by atoms with Gasteiger partial charge in [-0.2, -0.15) is 0 Å². The van der Waals surface area contributed by atoms with Crippen molar-refractivity contribution >= 4 is 22.1 Å². The maximum Gasteiger partial charge on any atom is 0.328 e. The van der Waals surface area contributed by atoms with Crippen molar-refractivity contribution < 1.29 is 23.4 Å². The summed E-state index contributed by atoms with van der Waals surface area (Å²) in [6.45, 7) is -0.217. The van der Waals surface area contributed by atoms with E-state index in [2.05, 4.69) is 4.72 Å². The second-order valence-electron chi connectivity index (χ2n) is 4.78. The first-order chi connectivity index (χ1) is 9.37. The van der Waals surface area contributed by atoms with Gasteiger partial charge >= 0.3 is 5.97 Å². The Balaban J connectivity index is 2.15. The van der Waals surface area contributed by atoms with Crippen molar-refractivity contribution in [2.45, 2.75) is 23.3 Å². The highest BCUT2D eigenvalue weighted by Gasteiger charge is 2.45. The van der Waals surface area contributed by atoms with E-state index in [4.69, 9.17) is 10.2 Å². The molecule has 0 atom stereocenters. The first-order valence-electron chi connectivity index (χ1n) is 6.03. The first kappa shape index (κ1) is 14.7. The number of aliphatic hydroxyl groups excluding tert-OH is 1. The minimum atomic E-state index is -3.67. The molecule has 2 rings (SSSR count). The van der Waals surface area contributed by atoms with E-state index in [1.54, 1.807) is 0 Å². The third-order valence-electron chi connectivity index (χ3n) is 3.12. The quantitative estimate of drug-likeness (QED) is 0.667. The molecule has 1 aliphatic rings. The second kappa shape index (κ2) is 5.35. The molecule has 1 aromatic rings. The van der Waals surface area contributed by atoms with E-state index < -0.39 is 21.5 Å². The fourth-order valence-electron chi connectivity index (χ4n) is 1.71. The Morgan fingerprint density at radius 2 is 1.90 bits per heavy atom. The van der Waals surface area contributed by atoms with Crippen molar-refractivity contribution in [2.24, 2.45) is 0 Å². The van der Waals surface area contributed by atoms with Crippen molar-refractivity contribution in [1.29, 1.82) is 0 Å². The summed E-state index contributed by atoms with van der Waals surface area (Å²) >= 11 is 0. The van der Waals surface area contributed by atoms with Crippen LogP contribution in [0.2, 0.25) is 0 Å². The molecule has 0 amide bonds. The van der Waals surface area contributed by atoms with Gasteiger partial charge in [-0.15, -0.1) is 0 Å². The number of carboxylic acid groups (broad SMARTS) is 1. The van der Waals surface area contributed by atoms with Crippen LogP contribution in [-0.4, -0.2) is 36.7 Å². The average Bonchev–Trinajstić information content (AvgIpc) is 3.16. The largest absolute Gasteiger partial charge is 0.478 e. The molecule has 108 valence electrons. The van der Waals surface area contributed by atoms with Gasteiger partial charge in [-0.3, -0.25) is 0 Å². The Kier molecular flexibility index (Phi) is 3.94. The number of aliphatic carboxylic acids is 1. The van der Waals surface area contributed by atoms with Crippen molar-refractivity contribution in [2.75, 3.05) is 6.61 Å². The Labute approximate surface area is 116 Å². The smallest absolute Gasteiger partial charge is 0.328 e. The van der Waals surface area contributed by atoms with E-state index in [1.165, 1.54) is 30.3 Å². The Morgan fingerprint density at radius 1 is 1.30 bits per heavy atom. The minimum Gasteiger partial charge on any atom is -0.478 e. The molecule has 0 unspecified atom stereocenters. The SMILES string of the molecule is O=C(O)/C=C/c1ccc(S(=O)(=O)NC2(CO)CC2)cc1. The van der Waals surface area contributed by atoms with Crippen LogP contribution in [0.4, 0.5) is 0 Å². The number of carbonyl (C=O) groups is 1. The molecule has 0 saturated heterocycles. The van der Waals surface area contributed by atoms with Crippen LogP contribution >= 0.6 is 0 Å². The summed E-state index contributed by atoms with van der Waals surface area (Å²) in [4.78, 5) is 10.5. The van der Waals surface area contributed by atoms with Crippen LogP contribution in [0.1, 0.15) is 18.4 Å². The van der Waals surface area contributed by atoms with Crippen molar-refractivity contribution in [3.63, 3.8) is 0 Å². The van der Waals surface area contributed by atoms with Crippen LogP contribution in [0.5, 0.6) is 0 Å². The highest BCUT2D eigenvalue weighted by atomic mass is 32.2. The number of nitrogens with one attached hydrogen (secondary N) is 1. The molecule has 6 nitrogen and oxygen atoms in total. The fraction of sp³-hybridized carbons (Fsp3) is 0.308. The van der Waals surface area contributed by atoms with Gasteiger partial charge in [0.15, 0.2) is 0 Å². The highest BCUT2D eigenvalue weighted by Crippen LogP contribution is 2.36. The second-order valence-corrected chi connectivity index (χ2v) is 6.47. The van der Waals surface area contributed by atoms with Gasteiger partial charge in [-0.1, -0.05) is 12.1 Å². The monoisotopic (exact) mass is 297 g/mol. The molecular formula is C13H15NO5S. The molecule has 0 spiro atoms. The molecule has 1 fully saturated rings. The number of aliphatic hydroxyl groups is 1. The van der Waals surface area contributed by atoms with E-state index in [1.807, 2.05) is 0 Å². The summed E-state index contributed by atoms with van der Waals surface area (Å²) in [5.74, 6) is -1.07. The molecule has 3 N–H and O–H groups in total. The lowest BCUT2D eigenvalue weighted by molar-refractivity contribution is -0.131. The number of benzene rings is 1. The molecule has 0 aromatic heterocycles. The standard InChI is InChI=1S/C13H15NO5S/c15-9-13(7-8-13)14-20(18,19)11-4-1-10(2-5-11)3-6-12(16)17/h1-6,14-15H,7-9H2,(H,16,17)/b6-3+. The zero-order chi connectivity index (χ0) is 14.8. The third-order valence-corrected chi connectivity index (χ3v) is 4.71. The van der Waals surface area contributed by atoms with Gasteiger partial charge in [0, 0.05) is 6.08 Å². The zero-order valence-corrected chi connectivity index (χ0v) is 11.4. The van der Waals surface area contributed by atoms with Crippen LogP contribution in [0.25, 0.3) is 6.08 Å². The molecule has 0 heterocycles. The Hall–Kier alpha value is -1.70. The lowest BCUT2D eigenvalue weighted by Crippen LogP contribution is -2.39.